The van der Waals surface area contributed by atoms with E-state index in [0.717, 1.165) is 17.5 Å². The zero-order valence-electron chi connectivity index (χ0n) is 11.7. The Morgan fingerprint density at radius 2 is 2.15 bits per heavy atom. The molecule has 0 N–H and O–H groups in total. The molecule has 0 atom stereocenters. The smallest absolute Gasteiger partial charge is 0.254 e. The number of hydrogen-bond acceptors (Lipinski definition) is 4. The van der Waals surface area contributed by atoms with Gasteiger partial charge in [-0.05, 0) is 18.1 Å². The van der Waals surface area contributed by atoms with Gasteiger partial charge >= 0.3 is 0 Å². The number of fused-ring (bicyclic) bond motifs is 1. The molecular weight excluding hydrogens is 254 g/mol. The van der Waals surface area contributed by atoms with Gasteiger partial charge in [0.2, 0.25) is 5.89 Å². The Morgan fingerprint density at radius 3 is 2.90 bits per heavy atom. The molecule has 0 saturated heterocycles. The molecule has 1 aliphatic rings. The first-order chi connectivity index (χ1) is 9.65. The molecule has 0 unspecified atom stereocenters. The van der Waals surface area contributed by atoms with E-state index in [9.17, 15) is 4.79 Å². The second kappa shape index (κ2) is 5.07. The van der Waals surface area contributed by atoms with E-state index in [4.69, 9.17) is 4.52 Å². The quantitative estimate of drug-likeness (QED) is 0.860. The summed E-state index contributed by atoms with van der Waals surface area (Å²) in [5.74, 6) is 1.45. The van der Waals surface area contributed by atoms with Crippen molar-refractivity contribution in [3.63, 3.8) is 0 Å². The van der Waals surface area contributed by atoms with Crippen LogP contribution in [0.5, 0.6) is 0 Å². The van der Waals surface area contributed by atoms with E-state index in [1.165, 1.54) is 0 Å². The van der Waals surface area contributed by atoms with E-state index >= 15 is 0 Å². The Hall–Kier alpha value is -2.17. The second-order valence-corrected chi connectivity index (χ2v) is 5.33. The van der Waals surface area contributed by atoms with Gasteiger partial charge in [-0.2, -0.15) is 4.98 Å². The minimum absolute atomic E-state index is 0.0381. The standard InChI is InChI=1S/C15H17N3O2/c1-10(2)14-16-13(20-17-14)9-18-8-7-11-5-3-4-6-12(11)15(18)19/h3-6,10H,7-9H2,1-2H3. The maximum Gasteiger partial charge on any atom is 0.254 e. The first kappa shape index (κ1) is 12.8. The lowest BCUT2D eigenvalue weighted by Crippen LogP contribution is -2.37. The molecule has 2 heterocycles. The van der Waals surface area contributed by atoms with Crippen LogP contribution in [0.25, 0.3) is 0 Å². The van der Waals surface area contributed by atoms with Crippen LogP contribution in [-0.2, 0) is 13.0 Å². The van der Waals surface area contributed by atoms with Crippen LogP contribution in [0, 0.1) is 0 Å². The van der Waals surface area contributed by atoms with Crippen molar-refractivity contribution in [2.75, 3.05) is 6.54 Å². The van der Waals surface area contributed by atoms with E-state index in [2.05, 4.69) is 10.1 Å². The Labute approximate surface area is 117 Å². The molecule has 0 fully saturated rings. The third kappa shape index (κ3) is 2.31. The van der Waals surface area contributed by atoms with Gasteiger partial charge in [0.25, 0.3) is 5.91 Å². The summed E-state index contributed by atoms with van der Waals surface area (Å²) < 4.78 is 5.21. The number of carbonyl (C=O) groups excluding carboxylic acids is 1. The van der Waals surface area contributed by atoms with Crippen LogP contribution in [0.2, 0.25) is 0 Å². The topological polar surface area (TPSA) is 59.2 Å². The lowest BCUT2D eigenvalue weighted by atomic mass is 9.99. The molecule has 1 amide bonds. The molecule has 5 nitrogen and oxygen atoms in total. The number of amides is 1. The Morgan fingerprint density at radius 1 is 1.35 bits per heavy atom. The maximum absolute atomic E-state index is 12.4. The Balaban J connectivity index is 1.77. The number of hydrogen-bond donors (Lipinski definition) is 0. The lowest BCUT2D eigenvalue weighted by Gasteiger charge is -2.27. The average molecular weight is 271 g/mol. The monoisotopic (exact) mass is 271 g/mol. The third-order valence-corrected chi connectivity index (χ3v) is 3.51. The minimum Gasteiger partial charge on any atom is -0.337 e. The molecule has 2 aromatic rings. The van der Waals surface area contributed by atoms with Crippen LogP contribution in [0.3, 0.4) is 0 Å². The van der Waals surface area contributed by atoms with Gasteiger partial charge in [0.1, 0.15) is 6.54 Å². The fourth-order valence-electron chi connectivity index (χ4n) is 2.36. The van der Waals surface area contributed by atoms with Crippen molar-refractivity contribution in [2.45, 2.75) is 32.7 Å². The molecule has 1 aromatic carbocycles. The fraction of sp³-hybridized carbons (Fsp3) is 0.400. The second-order valence-electron chi connectivity index (χ2n) is 5.33. The van der Waals surface area contributed by atoms with E-state index in [0.29, 0.717) is 24.8 Å². The summed E-state index contributed by atoms with van der Waals surface area (Å²) >= 11 is 0. The van der Waals surface area contributed by atoms with Crippen LogP contribution in [0.4, 0.5) is 0 Å². The van der Waals surface area contributed by atoms with E-state index in [-0.39, 0.29) is 11.8 Å². The zero-order chi connectivity index (χ0) is 14.1. The SMILES string of the molecule is CC(C)c1noc(CN2CCc3ccccc3C2=O)n1. The molecule has 0 saturated carbocycles. The van der Waals surface area contributed by atoms with Gasteiger partial charge in [-0.3, -0.25) is 4.79 Å². The number of nitrogens with zero attached hydrogens (tertiary/aromatic N) is 3. The first-order valence-corrected chi connectivity index (χ1v) is 6.85. The van der Waals surface area contributed by atoms with E-state index < -0.39 is 0 Å². The van der Waals surface area contributed by atoms with Gasteiger partial charge in [0.05, 0.1) is 0 Å². The summed E-state index contributed by atoms with van der Waals surface area (Å²) in [7, 11) is 0. The molecule has 3 rings (SSSR count). The van der Waals surface area contributed by atoms with Crippen LogP contribution >= 0.6 is 0 Å². The summed E-state index contributed by atoms with van der Waals surface area (Å²) in [6.07, 6.45) is 0.868. The highest BCUT2D eigenvalue weighted by atomic mass is 16.5. The van der Waals surface area contributed by atoms with Crippen molar-refractivity contribution in [2.24, 2.45) is 0 Å². The lowest BCUT2D eigenvalue weighted by molar-refractivity contribution is 0.0707. The van der Waals surface area contributed by atoms with Gasteiger partial charge < -0.3 is 9.42 Å². The Kier molecular flexibility index (Phi) is 3.26. The molecule has 1 aliphatic heterocycles. The number of aromatic nitrogens is 2. The number of benzene rings is 1. The van der Waals surface area contributed by atoms with Gasteiger partial charge in [-0.15, -0.1) is 0 Å². The molecule has 5 heteroatoms. The summed E-state index contributed by atoms with van der Waals surface area (Å²) in [6.45, 7) is 5.09. The highest BCUT2D eigenvalue weighted by molar-refractivity contribution is 5.96. The molecular formula is C15H17N3O2. The summed E-state index contributed by atoms with van der Waals surface area (Å²) in [5.41, 5.74) is 1.89. The van der Waals surface area contributed by atoms with Crippen molar-refractivity contribution in [3.05, 3.63) is 47.1 Å². The molecule has 0 bridgehead atoms. The average Bonchev–Trinajstić information content (AvgIpc) is 2.91. The summed E-state index contributed by atoms with van der Waals surface area (Å²) in [6, 6.07) is 7.74. The van der Waals surface area contributed by atoms with Crippen LogP contribution in [-0.4, -0.2) is 27.5 Å². The molecule has 20 heavy (non-hydrogen) atoms. The van der Waals surface area contributed by atoms with Gasteiger partial charge in [-0.1, -0.05) is 37.2 Å². The highest BCUT2D eigenvalue weighted by Gasteiger charge is 2.25. The largest absolute Gasteiger partial charge is 0.337 e. The van der Waals surface area contributed by atoms with Crippen molar-refractivity contribution >= 4 is 5.91 Å². The van der Waals surface area contributed by atoms with E-state index in [1.54, 1.807) is 4.90 Å². The minimum atomic E-state index is 0.0381. The van der Waals surface area contributed by atoms with Gasteiger partial charge in [0, 0.05) is 18.0 Å². The summed E-state index contributed by atoms with van der Waals surface area (Å²) in [5, 5.41) is 3.93. The fourth-order valence-corrected chi connectivity index (χ4v) is 2.36. The first-order valence-electron chi connectivity index (χ1n) is 6.85. The van der Waals surface area contributed by atoms with Crippen molar-refractivity contribution < 1.29 is 9.32 Å². The number of rotatable bonds is 3. The van der Waals surface area contributed by atoms with Crippen LogP contribution in [0.15, 0.2) is 28.8 Å². The number of carbonyl (C=O) groups is 1. The highest BCUT2D eigenvalue weighted by Crippen LogP contribution is 2.20. The molecule has 104 valence electrons. The summed E-state index contributed by atoms with van der Waals surface area (Å²) in [4.78, 5) is 18.5. The van der Waals surface area contributed by atoms with Crippen LogP contribution in [0.1, 0.15) is 47.4 Å². The normalized spacial score (nSPS) is 14.8. The third-order valence-electron chi connectivity index (χ3n) is 3.51. The molecule has 1 aromatic heterocycles. The van der Waals surface area contributed by atoms with Crippen molar-refractivity contribution in [1.82, 2.24) is 15.0 Å². The van der Waals surface area contributed by atoms with Crippen molar-refractivity contribution in [1.29, 1.82) is 0 Å². The molecule has 0 spiro atoms. The van der Waals surface area contributed by atoms with Gasteiger partial charge in [-0.25, -0.2) is 0 Å². The van der Waals surface area contributed by atoms with Crippen LogP contribution < -0.4 is 0 Å². The Bertz CT molecular complexity index is 634. The predicted octanol–water partition coefficient (Wildman–Crippen LogP) is 2.39. The maximum atomic E-state index is 12.4. The predicted molar refractivity (Wildman–Crippen MR) is 73.3 cm³/mol. The molecule has 0 radical (unpaired) electrons. The van der Waals surface area contributed by atoms with E-state index in [1.807, 2.05) is 38.1 Å². The molecule has 0 aliphatic carbocycles. The van der Waals surface area contributed by atoms with Gasteiger partial charge in [0.15, 0.2) is 5.82 Å². The van der Waals surface area contributed by atoms with Crippen molar-refractivity contribution in [3.8, 4) is 0 Å². The zero-order valence-corrected chi connectivity index (χ0v) is 11.7.